The van der Waals surface area contributed by atoms with Crippen LogP contribution in [0.15, 0.2) is 24.3 Å². The van der Waals surface area contributed by atoms with Gasteiger partial charge >= 0.3 is 0 Å². The number of nitrogens with one attached hydrogen (secondary N) is 1. The molecule has 17 heavy (non-hydrogen) atoms. The third-order valence-electron chi connectivity index (χ3n) is 3.88. The summed E-state index contributed by atoms with van der Waals surface area (Å²) in [6, 6.07) is 7.86. The summed E-state index contributed by atoms with van der Waals surface area (Å²) in [5, 5.41) is 9.61. The Hall–Kier alpha value is -1.02. The van der Waals surface area contributed by atoms with Crippen LogP contribution in [-0.4, -0.2) is 25.7 Å². The molecule has 0 heterocycles. The molecule has 1 aromatic rings. The van der Waals surface area contributed by atoms with Crippen molar-refractivity contribution < 1.29 is 10.0 Å². The Kier molecular flexibility index (Phi) is 4.06. The van der Waals surface area contributed by atoms with Gasteiger partial charge in [0.2, 0.25) is 0 Å². The first-order valence-electron chi connectivity index (χ1n) is 6.75. The smallest absolute Gasteiger partial charge is 0.115 e. The summed E-state index contributed by atoms with van der Waals surface area (Å²) in [5.74, 6) is 1.82. The molecule has 0 saturated heterocycles. The molecule has 0 aliphatic heterocycles. The lowest BCUT2D eigenvalue weighted by atomic mass is 9.75. The highest BCUT2D eigenvalue weighted by Gasteiger charge is 2.28. The summed E-state index contributed by atoms with van der Waals surface area (Å²) >= 11 is 0. The van der Waals surface area contributed by atoms with E-state index in [2.05, 4.69) is 20.2 Å². The van der Waals surface area contributed by atoms with Crippen LogP contribution in [0.3, 0.4) is 0 Å². The monoisotopic (exact) mass is 234 g/mol. The van der Waals surface area contributed by atoms with Crippen molar-refractivity contribution in [3.63, 3.8) is 0 Å². The molecular formula is C15H24NO+. The molecule has 0 amide bonds. The van der Waals surface area contributed by atoms with Crippen molar-refractivity contribution in [1.82, 2.24) is 0 Å². The SMILES string of the molecule is C[NH+](C)CC1CCCCC1c1cccc(O)c1. The van der Waals surface area contributed by atoms with Crippen LogP contribution in [0.25, 0.3) is 0 Å². The number of benzene rings is 1. The van der Waals surface area contributed by atoms with E-state index < -0.39 is 0 Å². The minimum atomic E-state index is 0.407. The second-order valence-corrected chi connectivity index (χ2v) is 5.66. The minimum Gasteiger partial charge on any atom is -0.508 e. The average molecular weight is 234 g/mol. The van der Waals surface area contributed by atoms with Gasteiger partial charge in [0.1, 0.15) is 5.75 Å². The van der Waals surface area contributed by atoms with Gasteiger partial charge in [0.15, 0.2) is 0 Å². The van der Waals surface area contributed by atoms with Crippen LogP contribution in [0, 0.1) is 5.92 Å². The number of quaternary nitrogens is 1. The van der Waals surface area contributed by atoms with E-state index in [0.717, 1.165) is 5.92 Å². The molecule has 0 aromatic heterocycles. The van der Waals surface area contributed by atoms with E-state index in [-0.39, 0.29) is 0 Å². The maximum Gasteiger partial charge on any atom is 0.115 e. The van der Waals surface area contributed by atoms with Crippen LogP contribution in [0.5, 0.6) is 5.75 Å². The Morgan fingerprint density at radius 1 is 1.24 bits per heavy atom. The van der Waals surface area contributed by atoms with E-state index >= 15 is 0 Å². The standard InChI is InChI=1S/C15H23NO/c1-16(2)11-13-6-3-4-9-15(13)12-7-5-8-14(17)10-12/h5,7-8,10,13,15,17H,3-4,6,9,11H2,1-2H3/p+1. The van der Waals surface area contributed by atoms with Gasteiger partial charge in [0.25, 0.3) is 0 Å². The van der Waals surface area contributed by atoms with Crippen LogP contribution in [-0.2, 0) is 0 Å². The fourth-order valence-electron chi connectivity index (χ4n) is 3.17. The Labute approximate surface area is 104 Å². The predicted molar refractivity (Wildman–Crippen MR) is 70.5 cm³/mol. The van der Waals surface area contributed by atoms with E-state index in [0.29, 0.717) is 11.7 Å². The molecule has 1 aliphatic carbocycles. The van der Waals surface area contributed by atoms with Crippen molar-refractivity contribution in [2.45, 2.75) is 31.6 Å². The molecule has 1 aliphatic rings. The Morgan fingerprint density at radius 2 is 2.00 bits per heavy atom. The first-order chi connectivity index (χ1) is 8.16. The molecule has 0 bridgehead atoms. The fourth-order valence-corrected chi connectivity index (χ4v) is 3.17. The Bertz CT molecular complexity index is 362. The van der Waals surface area contributed by atoms with Crippen molar-refractivity contribution in [2.24, 2.45) is 5.92 Å². The van der Waals surface area contributed by atoms with Gasteiger partial charge in [-0.3, -0.25) is 0 Å². The molecule has 2 heteroatoms. The fraction of sp³-hybridized carbons (Fsp3) is 0.600. The highest BCUT2D eigenvalue weighted by molar-refractivity contribution is 5.30. The zero-order valence-corrected chi connectivity index (χ0v) is 10.9. The molecule has 2 rings (SSSR count). The van der Waals surface area contributed by atoms with Crippen molar-refractivity contribution in [1.29, 1.82) is 0 Å². The molecule has 2 unspecified atom stereocenters. The second-order valence-electron chi connectivity index (χ2n) is 5.66. The summed E-state index contributed by atoms with van der Waals surface area (Å²) in [4.78, 5) is 1.53. The van der Waals surface area contributed by atoms with Crippen molar-refractivity contribution in [3.05, 3.63) is 29.8 Å². The van der Waals surface area contributed by atoms with E-state index in [9.17, 15) is 5.11 Å². The lowest BCUT2D eigenvalue weighted by Gasteiger charge is -2.32. The van der Waals surface area contributed by atoms with Gasteiger partial charge in [0, 0.05) is 5.92 Å². The number of rotatable bonds is 3. The van der Waals surface area contributed by atoms with Crippen molar-refractivity contribution >= 4 is 0 Å². The van der Waals surface area contributed by atoms with Crippen LogP contribution < -0.4 is 4.90 Å². The maximum absolute atomic E-state index is 9.61. The van der Waals surface area contributed by atoms with Gasteiger partial charge < -0.3 is 10.0 Å². The van der Waals surface area contributed by atoms with Crippen LogP contribution in [0.4, 0.5) is 0 Å². The third-order valence-corrected chi connectivity index (χ3v) is 3.88. The van der Waals surface area contributed by atoms with E-state index in [1.807, 2.05) is 12.1 Å². The number of phenolic OH excluding ortho intramolecular Hbond substituents is 1. The topological polar surface area (TPSA) is 24.7 Å². The molecule has 2 atom stereocenters. The van der Waals surface area contributed by atoms with Crippen LogP contribution >= 0.6 is 0 Å². The summed E-state index contributed by atoms with van der Waals surface area (Å²) in [6.45, 7) is 1.24. The normalized spacial score (nSPS) is 25.1. The molecule has 0 radical (unpaired) electrons. The van der Waals surface area contributed by atoms with E-state index in [1.165, 1.54) is 42.7 Å². The molecule has 1 fully saturated rings. The van der Waals surface area contributed by atoms with Gasteiger partial charge in [-0.15, -0.1) is 0 Å². The molecule has 1 aromatic carbocycles. The average Bonchev–Trinajstić information content (AvgIpc) is 2.29. The van der Waals surface area contributed by atoms with Gasteiger partial charge in [-0.05, 0) is 36.5 Å². The van der Waals surface area contributed by atoms with Gasteiger partial charge in [0.05, 0.1) is 20.6 Å². The minimum absolute atomic E-state index is 0.407. The number of hydrogen-bond acceptors (Lipinski definition) is 1. The lowest BCUT2D eigenvalue weighted by Crippen LogP contribution is -3.06. The number of hydrogen-bond donors (Lipinski definition) is 2. The second kappa shape index (κ2) is 5.54. The molecule has 0 spiro atoms. The number of aromatic hydroxyl groups is 1. The lowest BCUT2D eigenvalue weighted by molar-refractivity contribution is -0.862. The third kappa shape index (κ3) is 3.22. The summed E-state index contributed by atoms with van der Waals surface area (Å²) < 4.78 is 0. The highest BCUT2D eigenvalue weighted by atomic mass is 16.3. The zero-order valence-electron chi connectivity index (χ0n) is 10.9. The van der Waals surface area contributed by atoms with Crippen LogP contribution in [0.1, 0.15) is 37.2 Å². The summed E-state index contributed by atoms with van der Waals surface area (Å²) in [5.41, 5.74) is 1.33. The first-order valence-corrected chi connectivity index (χ1v) is 6.75. The van der Waals surface area contributed by atoms with E-state index in [4.69, 9.17) is 0 Å². The molecular weight excluding hydrogens is 210 g/mol. The number of phenols is 1. The summed E-state index contributed by atoms with van der Waals surface area (Å²) in [6.07, 6.45) is 5.32. The highest BCUT2D eigenvalue weighted by Crippen LogP contribution is 2.37. The molecule has 2 N–H and O–H groups in total. The van der Waals surface area contributed by atoms with Gasteiger partial charge in [-0.25, -0.2) is 0 Å². The first kappa shape index (κ1) is 12.4. The molecule has 1 saturated carbocycles. The van der Waals surface area contributed by atoms with E-state index in [1.54, 1.807) is 6.07 Å². The largest absolute Gasteiger partial charge is 0.508 e. The molecule has 2 nitrogen and oxygen atoms in total. The maximum atomic E-state index is 9.61. The van der Waals surface area contributed by atoms with Gasteiger partial charge in [-0.1, -0.05) is 25.0 Å². The zero-order chi connectivity index (χ0) is 12.3. The van der Waals surface area contributed by atoms with Crippen molar-refractivity contribution in [3.8, 4) is 5.75 Å². The Morgan fingerprint density at radius 3 is 2.71 bits per heavy atom. The van der Waals surface area contributed by atoms with Gasteiger partial charge in [-0.2, -0.15) is 0 Å². The summed E-state index contributed by atoms with van der Waals surface area (Å²) in [7, 11) is 4.46. The molecule has 94 valence electrons. The van der Waals surface area contributed by atoms with Crippen LogP contribution in [0.2, 0.25) is 0 Å². The van der Waals surface area contributed by atoms with Crippen molar-refractivity contribution in [2.75, 3.05) is 20.6 Å². The quantitative estimate of drug-likeness (QED) is 0.819. The predicted octanol–water partition coefficient (Wildman–Crippen LogP) is 1.81. The Balaban J connectivity index is 2.15.